The molecule has 1 atom stereocenters. The third-order valence-corrected chi connectivity index (χ3v) is 5.71. The van der Waals surface area contributed by atoms with E-state index in [1.54, 1.807) is 20.8 Å². The van der Waals surface area contributed by atoms with Crippen LogP contribution in [0.4, 0.5) is 4.79 Å². The normalized spacial score (nSPS) is 24.5. The average molecular weight is 334 g/mol. The van der Waals surface area contributed by atoms with E-state index in [2.05, 4.69) is 4.72 Å². The maximum absolute atomic E-state index is 12.4. The van der Waals surface area contributed by atoms with E-state index in [4.69, 9.17) is 9.47 Å². The van der Waals surface area contributed by atoms with E-state index >= 15 is 0 Å². The molecule has 0 aromatic carbocycles. The predicted octanol–water partition coefficient (Wildman–Crippen LogP) is 1.09. The molecular weight excluding hydrogens is 308 g/mol. The zero-order valence-electron chi connectivity index (χ0n) is 13.5. The number of carbonyl (C=O) groups excluding carboxylic acids is 1. The van der Waals surface area contributed by atoms with Gasteiger partial charge >= 0.3 is 6.09 Å². The van der Waals surface area contributed by atoms with E-state index in [1.807, 2.05) is 0 Å². The number of ether oxygens (including phenoxy) is 2. The summed E-state index contributed by atoms with van der Waals surface area (Å²) in [5, 5.41) is -0.567. The monoisotopic (exact) mass is 334 g/mol. The molecule has 0 saturated carbocycles. The van der Waals surface area contributed by atoms with E-state index in [0.29, 0.717) is 39.0 Å². The molecule has 2 saturated heterocycles. The highest BCUT2D eigenvalue weighted by Crippen LogP contribution is 2.20. The molecule has 22 heavy (non-hydrogen) atoms. The number of rotatable bonds is 3. The zero-order valence-corrected chi connectivity index (χ0v) is 14.3. The minimum Gasteiger partial charge on any atom is -0.444 e. The second-order valence-electron chi connectivity index (χ2n) is 6.89. The van der Waals surface area contributed by atoms with Crippen molar-refractivity contribution in [2.24, 2.45) is 0 Å². The number of likely N-dealkylation sites (tertiary alicyclic amines) is 1. The molecule has 0 aromatic heterocycles. The lowest BCUT2D eigenvalue weighted by atomic mass is 10.1. The highest BCUT2D eigenvalue weighted by Gasteiger charge is 2.37. The maximum atomic E-state index is 12.4. The summed E-state index contributed by atoms with van der Waals surface area (Å²) in [6.07, 6.45) is 1.39. The van der Waals surface area contributed by atoms with Crippen molar-refractivity contribution in [1.29, 1.82) is 0 Å². The fourth-order valence-electron chi connectivity index (χ4n) is 2.62. The van der Waals surface area contributed by atoms with Crippen molar-refractivity contribution < 1.29 is 22.7 Å². The Hall–Kier alpha value is -0.860. The van der Waals surface area contributed by atoms with Crippen molar-refractivity contribution in [3.8, 4) is 0 Å². The quantitative estimate of drug-likeness (QED) is 0.835. The van der Waals surface area contributed by atoms with Gasteiger partial charge in [-0.15, -0.1) is 0 Å². The number of amides is 1. The molecule has 8 heteroatoms. The average Bonchev–Trinajstić information content (AvgIpc) is 2.87. The van der Waals surface area contributed by atoms with Crippen molar-refractivity contribution in [1.82, 2.24) is 9.62 Å². The van der Waals surface area contributed by atoms with Gasteiger partial charge < -0.3 is 14.4 Å². The van der Waals surface area contributed by atoms with Crippen molar-refractivity contribution >= 4 is 16.1 Å². The van der Waals surface area contributed by atoms with Gasteiger partial charge in [0.25, 0.3) is 0 Å². The van der Waals surface area contributed by atoms with E-state index < -0.39 is 27.0 Å². The summed E-state index contributed by atoms with van der Waals surface area (Å²) in [7, 11) is -3.42. The molecule has 1 amide bonds. The van der Waals surface area contributed by atoms with Gasteiger partial charge in [0.05, 0.1) is 5.25 Å². The second kappa shape index (κ2) is 6.72. The highest BCUT2D eigenvalue weighted by atomic mass is 32.2. The van der Waals surface area contributed by atoms with Crippen LogP contribution in [0, 0.1) is 0 Å². The van der Waals surface area contributed by atoms with Gasteiger partial charge in [0, 0.05) is 32.3 Å². The fourth-order valence-corrected chi connectivity index (χ4v) is 4.30. The first-order chi connectivity index (χ1) is 10.2. The maximum Gasteiger partial charge on any atom is 0.410 e. The highest BCUT2D eigenvalue weighted by molar-refractivity contribution is 7.90. The second-order valence-corrected chi connectivity index (χ2v) is 8.88. The van der Waals surface area contributed by atoms with Crippen LogP contribution >= 0.6 is 0 Å². The SMILES string of the molecule is CC(C)(C)OC(=O)N1CC[C@H](S(=O)(=O)NC2CCOCC2)C1. The Balaban J connectivity index is 1.89. The first-order valence-corrected chi connectivity index (χ1v) is 9.29. The van der Waals surface area contributed by atoms with E-state index in [-0.39, 0.29) is 12.6 Å². The number of hydrogen-bond donors (Lipinski definition) is 1. The number of sulfonamides is 1. The Morgan fingerprint density at radius 3 is 2.45 bits per heavy atom. The van der Waals surface area contributed by atoms with Crippen LogP contribution in [0.25, 0.3) is 0 Å². The molecule has 1 N–H and O–H groups in total. The molecule has 0 unspecified atom stereocenters. The molecule has 0 spiro atoms. The summed E-state index contributed by atoms with van der Waals surface area (Å²) in [4.78, 5) is 13.5. The first-order valence-electron chi connectivity index (χ1n) is 7.74. The number of carbonyl (C=O) groups is 1. The molecule has 128 valence electrons. The van der Waals surface area contributed by atoms with Crippen LogP contribution in [0.15, 0.2) is 0 Å². The Morgan fingerprint density at radius 2 is 1.86 bits per heavy atom. The molecule has 0 radical (unpaired) electrons. The van der Waals surface area contributed by atoms with Gasteiger partial charge in [-0.3, -0.25) is 0 Å². The van der Waals surface area contributed by atoms with Crippen LogP contribution in [-0.4, -0.2) is 62.6 Å². The lowest BCUT2D eigenvalue weighted by Gasteiger charge is -2.26. The molecule has 0 aromatic rings. The molecule has 2 rings (SSSR count). The Morgan fingerprint density at radius 1 is 1.23 bits per heavy atom. The summed E-state index contributed by atoms with van der Waals surface area (Å²) >= 11 is 0. The van der Waals surface area contributed by atoms with E-state index in [1.165, 1.54) is 4.90 Å². The van der Waals surface area contributed by atoms with Gasteiger partial charge in [0.2, 0.25) is 10.0 Å². The summed E-state index contributed by atoms with van der Waals surface area (Å²) < 4.78 is 38.1. The molecule has 7 nitrogen and oxygen atoms in total. The smallest absolute Gasteiger partial charge is 0.410 e. The number of nitrogens with zero attached hydrogens (tertiary/aromatic N) is 1. The molecule has 2 heterocycles. The zero-order chi connectivity index (χ0) is 16.4. The van der Waals surface area contributed by atoms with Crippen LogP contribution in [0.5, 0.6) is 0 Å². The molecule has 2 aliphatic heterocycles. The third-order valence-electron chi connectivity index (χ3n) is 3.79. The number of hydrogen-bond acceptors (Lipinski definition) is 5. The summed E-state index contributed by atoms with van der Waals surface area (Å²) in [6.45, 7) is 7.15. The Labute approximate surface area is 132 Å². The van der Waals surface area contributed by atoms with Crippen LogP contribution in [-0.2, 0) is 19.5 Å². The number of nitrogens with one attached hydrogen (secondary N) is 1. The summed E-state index contributed by atoms with van der Waals surface area (Å²) in [5.74, 6) is 0. The van der Waals surface area contributed by atoms with E-state index in [9.17, 15) is 13.2 Å². The van der Waals surface area contributed by atoms with Crippen LogP contribution < -0.4 is 4.72 Å². The van der Waals surface area contributed by atoms with Gasteiger partial charge in [-0.25, -0.2) is 17.9 Å². The van der Waals surface area contributed by atoms with Crippen LogP contribution in [0.2, 0.25) is 0 Å². The van der Waals surface area contributed by atoms with E-state index in [0.717, 1.165) is 0 Å². The van der Waals surface area contributed by atoms with Gasteiger partial charge in [-0.2, -0.15) is 0 Å². The molecule has 0 bridgehead atoms. The largest absolute Gasteiger partial charge is 0.444 e. The van der Waals surface area contributed by atoms with Crippen molar-refractivity contribution in [2.75, 3.05) is 26.3 Å². The molecule has 0 aliphatic carbocycles. The van der Waals surface area contributed by atoms with Crippen molar-refractivity contribution in [2.45, 2.75) is 56.9 Å². The first kappa shape index (κ1) is 17.5. The van der Waals surface area contributed by atoms with Gasteiger partial charge in [-0.05, 0) is 40.0 Å². The Bertz CT molecular complexity index is 494. The van der Waals surface area contributed by atoms with Gasteiger partial charge in [0.15, 0.2) is 0 Å². The minimum atomic E-state index is -3.42. The third kappa shape index (κ3) is 4.82. The van der Waals surface area contributed by atoms with Crippen molar-refractivity contribution in [3.05, 3.63) is 0 Å². The summed E-state index contributed by atoms with van der Waals surface area (Å²) in [5.41, 5.74) is -0.575. The fraction of sp³-hybridized carbons (Fsp3) is 0.929. The van der Waals surface area contributed by atoms with Gasteiger partial charge in [0.1, 0.15) is 5.60 Å². The predicted molar refractivity (Wildman–Crippen MR) is 82.1 cm³/mol. The molecule has 2 aliphatic rings. The van der Waals surface area contributed by atoms with Gasteiger partial charge in [-0.1, -0.05) is 0 Å². The minimum absolute atomic E-state index is 0.0608. The molecular formula is C14H26N2O5S. The Kier molecular flexibility index (Phi) is 5.34. The molecule has 2 fully saturated rings. The van der Waals surface area contributed by atoms with Crippen LogP contribution in [0.3, 0.4) is 0 Å². The summed E-state index contributed by atoms with van der Waals surface area (Å²) in [6, 6.07) is -0.0608. The van der Waals surface area contributed by atoms with Crippen molar-refractivity contribution in [3.63, 3.8) is 0 Å². The standard InChI is InChI=1S/C14H26N2O5S/c1-14(2,3)21-13(17)16-7-4-12(10-16)22(18,19)15-11-5-8-20-9-6-11/h11-12,15H,4-10H2,1-3H3/t12-/m0/s1. The lowest BCUT2D eigenvalue weighted by Crippen LogP contribution is -2.45. The topological polar surface area (TPSA) is 84.9 Å². The van der Waals surface area contributed by atoms with Crippen LogP contribution in [0.1, 0.15) is 40.0 Å². The lowest BCUT2D eigenvalue weighted by molar-refractivity contribution is 0.0295.